The monoisotopic (exact) mass is 495 g/mol. The van der Waals surface area contributed by atoms with E-state index >= 15 is 0 Å². The summed E-state index contributed by atoms with van der Waals surface area (Å²) in [4.78, 5) is 17.4. The Labute approximate surface area is 212 Å². The van der Waals surface area contributed by atoms with Crippen LogP contribution >= 0.6 is 11.6 Å². The lowest BCUT2D eigenvalue weighted by molar-refractivity contribution is -0.160. The Bertz CT molecular complexity index is 1310. The predicted octanol–water partition coefficient (Wildman–Crippen LogP) is 7.09. The minimum Gasteiger partial charge on any atom is -0.479 e. The summed E-state index contributed by atoms with van der Waals surface area (Å²) >= 11 is 6.50. The lowest BCUT2D eigenvalue weighted by Crippen LogP contribution is -2.28. The number of nitrogens with zero attached hydrogens (tertiary/aromatic N) is 3. The van der Waals surface area contributed by atoms with E-state index in [4.69, 9.17) is 21.3 Å². The molecule has 3 rings (SSSR count). The number of aliphatic carboxylic acids is 1. The number of ether oxygens (including phenoxy) is 1. The van der Waals surface area contributed by atoms with Crippen molar-refractivity contribution >= 4 is 28.6 Å². The number of nitriles is 1. The third-order valence-corrected chi connectivity index (χ3v) is 6.61. The van der Waals surface area contributed by atoms with Gasteiger partial charge in [-0.2, -0.15) is 5.26 Å². The van der Waals surface area contributed by atoms with Gasteiger partial charge in [-0.25, -0.2) is 9.78 Å². The van der Waals surface area contributed by atoms with Crippen LogP contribution in [0.25, 0.3) is 22.2 Å². The summed E-state index contributed by atoms with van der Waals surface area (Å²) in [7, 11) is 0. The van der Waals surface area contributed by atoms with Crippen molar-refractivity contribution in [1.82, 2.24) is 9.55 Å². The summed E-state index contributed by atoms with van der Waals surface area (Å²) in [5, 5.41) is 21.0. The van der Waals surface area contributed by atoms with Gasteiger partial charge in [0.25, 0.3) is 0 Å². The average Bonchev–Trinajstić information content (AvgIpc) is 3.00. The standard InChI is InChI=1S/C28H34ClN3O3/c1-8-10-19-15-20(11-12-21(19)29)24-22-16(2)18(4)32(14-9-13-30)26(22)31-17(3)23(24)25(27(33)34)35-28(5,6)7/h11-12,15,25H,8-10,14H2,1-7H3,(H,33,34)/t25-/m1/s1. The highest BCUT2D eigenvalue weighted by Gasteiger charge is 2.33. The number of carboxylic acid groups (broad SMARTS) is 1. The molecule has 0 aliphatic rings. The van der Waals surface area contributed by atoms with Crippen molar-refractivity contribution in [3.05, 3.63) is 51.3 Å². The number of carbonyl (C=O) groups is 1. The Morgan fingerprint density at radius 3 is 2.54 bits per heavy atom. The first-order chi connectivity index (χ1) is 16.4. The number of aromatic nitrogens is 2. The van der Waals surface area contributed by atoms with Crippen LogP contribution in [0.5, 0.6) is 0 Å². The van der Waals surface area contributed by atoms with Gasteiger partial charge in [-0.3, -0.25) is 0 Å². The van der Waals surface area contributed by atoms with Gasteiger partial charge in [0.15, 0.2) is 6.10 Å². The van der Waals surface area contributed by atoms with Crippen LogP contribution in [0, 0.1) is 32.1 Å². The Kier molecular flexibility index (Phi) is 7.93. The molecular formula is C28H34ClN3O3. The van der Waals surface area contributed by atoms with E-state index in [0.29, 0.717) is 29.2 Å². The molecule has 3 aromatic rings. The number of fused-ring (bicyclic) bond motifs is 1. The van der Waals surface area contributed by atoms with Gasteiger partial charge in [-0.15, -0.1) is 0 Å². The van der Waals surface area contributed by atoms with Crippen molar-refractivity contribution < 1.29 is 14.6 Å². The summed E-state index contributed by atoms with van der Waals surface area (Å²) in [6.45, 7) is 14.0. The zero-order valence-corrected chi connectivity index (χ0v) is 22.4. The third-order valence-electron chi connectivity index (χ3n) is 6.24. The fourth-order valence-electron chi connectivity index (χ4n) is 4.63. The molecule has 7 heteroatoms. The molecule has 0 unspecified atom stereocenters. The van der Waals surface area contributed by atoms with Gasteiger partial charge in [-0.05, 0) is 76.8 Å². The van der Waals surface area contributed by atoms with E-state index in [1.165, 1.54) is 0 Å². The summed E-state index contributed by atoms with van der Waals surface area (Å²) in [6.07, 6.45) is 0.911. The smallest absolute Gasteiger partial charge is 0.337 e. The van der Waals surface area contributed by atoms with E-state index < -0.39 is 17.7 Å². The number of hydrogen-bond acceptors (Lipinski definition) is 4. The normalized spacial score (nSPS) is 12.7. The van der Waals surface area contributed by atoms with Gasteiger partial charge in [0, 0.05) is 39.5 Å². The van der Waals surface area contributed by atoms with Crippen LogP contribution in [-0.4, -0.2) is 26.2 Å². The molecule has 0 radical (unpaired) electrons. The summed E-state index contributed by atoms with van der Waals surface area (Å²) in [6, 6.07) is 8.09. The zero-order valence-electron chi connectivity index (χ0n) is 21.6. The SMILES string of the molecule is CCCc1cc(-c2c([C@@H](OC(C)(C)C)C(=O)O)c(C)nc3c2c(C)c(C)n3CCC#N)ccc1Cl. The van der Waals surface area contributed by atoms with Crippen molar-refractivity contribution in [3.63, 3.8) is 0 Å². The van der Waals surface area contributed by atoms with Crippen molar-refractivity contribution in [1.29, 1.82) is 5.26 Å². The molecule has 186 valence electrons. The number of benzene rings is 1. The van der Waals surface area contributed by atoms with Crippen LogP contribution in [0.1, 0.15) is 74.7 Å². The largest absolute Gasteiger partial charge is 0.479 e. The summed E-state index contributed by atoms with van der Waals surface area (Å²) in [5.74, 6) is -1.06. The Morgan fingerprint density at radius 1 is 1.29 bits per heavy atom. The highest BCUT2D eigenvalue weighted by molar-refractivity contribution is 6.31. The molecule has 1 atom stereocenters. The Hall–Kier alpha value is -2.88. The number of pyridine rings is 1. The first kappa shape index (κ1) is 26.7. The maximum absolute atomic E-state index is 12.6. The predicted molar refractivity (Wildman–Crippen MR) is 140 cm³/mol. The van der Waals surface area contributed by atoms with Gasteiger partial charge < -0.3 is 14.4 Å². The van der Waals surface area contributed by atoms with Gasteiger partial charge >= 0.3 is 5.97 Å². The fourth-order valence-corrected chi connectivity index (χ4v) is 4.84. The molecule has 6 nitrogen and oxygen atoms in total. The average molecular weight is 496 g/mol. The summed E-state index contributed by atoms with van der Waals surface area (Å²) in [5.41, 5.74) is 5.92. The molecule has 1 aromatic carbocycles. The number of hydrogen-bond donors (Lipinski definition) is 1. The number of halogens is 1. The number of rotatable bonds is 8. The summed E-state index contributed by atoms with van der Waals surface area (Å²) < 4.78 is 8.16. The second-order valence-electron chi connectivity index (χ2n) is 9.96. The van der Waals surface area contributed by atoms with Gasteiger partial charge in [-0.1, -0.05) is 31.0 Å². The number of carboxylic acids is 1. The first-order valence-corrected chi connectivity index (χ1v) is 12.3. The molecule has 0 amide bonds. The van der Waals surface area contributed by atoms with Crippen LogP contribution in [0.15, 0.2) is 18.2 Å². The van der Waals surface area contributed by atoms with E-state index in [1.54, 1.807) is 0 Å². The maximum atomic E-state index is 12.6. The van der Waals surface area contributed by atoms with Gasteiger partial charge in [0.1, 0.15) is 5.65 Å². The van der Waals surface area contributed by atoms with Crippen LogP contribution in [0.3, 0.4) is 0 Å². The Balaban J connectivity index is 2.49. The van der Waals surface area contributed by atoms with Crippen molar-refractivity contribution in [3.8, 4) is 17.2 Å². The van der Waals surface area contributed by atoms with E-state index in [9.17, 15) is 15.2 Å². The third kappa shape index (κ3) is 5.37. The second-order valence-corrected chi connectivity index (χ2v) is 10.4. The van der Waals surface area contributed by atoms with E-state index in [2.05, 4.69) is 23.6 Å². The molecule has 1 N–H and O–H groups in total. The molecule has 0 bridgehead atoms. The molecule has 0 saturated heterocycles. The van der Waals surface area contributed by atoms with Crippen LogP contribution in [0.2, 0.25) is 5.02 Å². The van der Waals surface area contributed by atoms with Crippen molar-refractivity contribution in [2.24, 2.45) is 0 Å². The highest BCUT2D eigenvalue weighted by Crippen LogP contribution is 2.43. The first-order valence-electron chi connectivity index (χ1n) is 12.0. The van der Waals surface area contributed by atoms with Crippen molar-refractivity contribution in [2.45, 2.75) is 86.0 Å². The van der Waals surface area contributed by atoms with Crippen LogP contribution < -0.4 is 0 Å². The molecular weight excluding hydrogens is 462 g/mol. The molecule has 0 saturated carbocycles. The molecule has 35 heavy (non-hydrogen) atoms. The minimum absolute atomic E-state index is 0.356. The van der Waals surface area contributed by atoms with E-state index in [-0.39, 0.29) is 0 Å². The van der Waals surface area contributed by atoms with E-state index in [1.807, 2.05) is 53.7 Å². The van der Waals surface area contributed by atoms with Crippen molar-refractivity contribution in [2.75, 3.05) is 0 Å². The molecule has 0 aliphatic heterocycles. The quantitative estimate of drug-likeness (QED) is 0.360. The molecule has 0 aliphatic carbocycles. The zero-order chi connectivity index (χ0) is 26.1. The maximum Gasteiger partial charge on any atom is 0.337 e. The fraction of sp³-hybridized carbons (Fsp3) is 0.464. The van der Waals surface area contributed by atoms with Crippen LogP contribution in [-0.2, 0) is 22.5 Å². The van der Waals surface area contributed by atoms with Gasteiger partial charge in [0.2, 0.25) is 0 Å². The van der Waals surface area contributed by atoms with E-state index in [0.717, 1.165) is 51.8 Å². The number of aryl methyl sites for hydroxylation is 4. The van der Waals surface area contributed by atoms with Crippen LogP contribution in [0.4, 0.5) is 0 Å². The lowest BCUT2D eigenvalue weighted by atomic mass is 9.89. The molecule has 2 aromatic heterocycles. The Morgan fingerprint density at radius 2 is 1.97 bits per heavy atom. The topological polar surface area (TPSA) is 88.1 Å². The lowest BCUT2D eigenvalue weighted by Gasteiger charge is -2.28. The highest BCUT2D eigenvalue weighted by atomic mass is 35.5. The molecule has 0 spiro atoms. The molecule has 2 heterocycles. The second kappa shape index (κ2) is 10.4. The molecule has 0 fully saturated rings. The minimum atomic E-state index is -1.20. The van der Waals surface area contributed by atoms with Gasteiger partial charge in [0.05, 0.1) is 18.1 Å².